The average Bonchev–Trinajstić information content (AvgIpc) is 2.27. The number of fused-ring (bicyclic) bond motifs is 1. The number of rotatable bonds is 2. The van der Waals surface area contributed by atoms with Crippen molar-refractivity contribution in [2.75, 3.05) is 0 Å². The maximum atomic E-state index is 11.3. The molecule has 1 atom stereocenters. The van der Waals surface area contributed by atoms with Gasteiger partial charge in [-0.25, -0.2) is 0 Å². The molecule has 102 valence electrons. The van der Waals surface area contributed by atoms with Gasteiger partial charge in [-0.15, -0.1) is 11.6 Å². The normalized spacial score (nSPS) is 13.7. The van der Waals surface area contributed by atoms with Crippen molar-refractivity contribution < 1.29 is 0 Å². The maximum Gasteiger partial charge on any atom is 0.314 e. The van der Waals surface area contributed by atoms with Crippen molar-refractivity contribution in [2.24, 2.45) is 5.41 Å². The van der Waals surface area contributed by atoms with E-state index in [0.29, 0.717) is 11.0 Å². The molecule has 0 saturated heterocycles. The van der Waals surface area contributed by atoms with Crippen molar-refractivity contribution in [1.82, 2.24) is 9.97 Å². The van der Waals surface area contributed by atoms with Gasteiger partial charge < -0.3 is 9.97 Å². The first kappa shape index (κ1) is 13.9. The summed E-state index contributed by atoms with van der Waals surface area (Å²) in [5.41, 5.74) is 0.977. The summed E-state index contributed by atoms with van der Waals surface area (Å²) >= 11 is 6.40. The van der Waals surface area contributed by atoms with E-state index in [1.54, 1.807) is 6.07 Å². The molecule has 5 heteroatoms. The van der Waals surface area contributed by atoms with Gasteiger partial charge >= 0.3 is 11.1 Å². The lowest BCUT2D eigenvalue weighted by molar-refractivity contribution is 0.372. The predicted octanol–water partition coefficient (Wildman–Crippen LogP) is 2.93. The highest BCUT2D eigenvalue weighted by atomic mass is 35.5. The van der Waals surface area contributed by atoms with E-state index in [9.17, 15) is 9.59 Å². The standard InChI is InChI=1S/C14H17ClN2O2/c1-14(2,3)7-9(15)8-4-5-10-11(6-8)17-13(19)12(18)16-10/h4-6,9H,7H2,1-3H3,(H,16,18)(H,17,19). The molecule has 2 N–H and O–H groups in total. The Bertz CT molecular complexity index is 710. The Labute approximate surface area is 115 Å². The Morgan fingerprint density at radius 2 is 1.68 bits per heavy atom. The zero-order chi connectivity index (χ0) is 14.2. The molecule has 2 aromatic rings. The first-order valence-electron chi connectivity index (χ1n) is 6.16. The lowest BCUT2D eigenvalue weighted by atomic mass is 9.88. The molecular formula is C14H17ClN2O2. The van der Waals surface area contributed by atoms with Gasteiger partial charge in [0, 0.05) is 0 Å². The zero-order valence-corrected chi connectivity index (χ0v) is 12.0. The number of aromatic nitrogens is 2. The summed E-state index contributed by atoms with van der Waals surface area (Å²) in [7, 11) is 0. The number of halogens is 1. The smallest absolute Gasteiger partial charge is 0.314 e. The molecule has 0 saturated carbocycles. The minimum atomic E-state index is -0.647. The fourth-order valence-corrected chi connectivity index (χ4v) is 2.58. The van der Waals surface area contributed by atoms with E-state index >= 15 is 0 Å². The van der Waals surface area contributed by atoms with Gasteiger partial charge in [0.05, 0.1) is 16.4 Å². The molecule has 1 aromatic heterocycles. The van der Waals surface area contributed by atoms with Crippen molar-refractivity contribution in [3.8, 4) is 0 Å². The number of hydrogen-bond donors (Lipinski definition) is 2. The van der Waals surface area contributed by atoms with Crippen molar-refractivity contribution in [3.05, 3.63) is 44.5 Å². The summed E-state index contributed by atoms with van der Waals surface area (Å²) in [6, 6.07) is 5.45. The Kier molecular flexibility index (Phi) is 3.54. The minimum absolute atomic E-state index is 0.125. The second kappa shape index (κ2) is 4.85. The molecule has 0 aliphatic carbocycles. The topological polar surface area (TPSA) is 65.7 Å². The van der Waals surface area contributed by atoms with Gasteiger partial charge in [0.1, 0.15) is 0 Å². The van der Waals surface area contributed by atoms with E-state index < -0.39 is 11.1 Å². The highest BCUT2D eigenvalue weighted by Crippen LogP contribution is 2.34. The van der Waals surface area contributed by atoms with Gasteiger partial charge in [-0.2, -0.15) is 0 Å². The van der Waals surface area contributed by atoms with Gasteiger partial charge in [0.25, 0.3) is 0 Å². The number of alkyl halides is 1. The lowest BCUT2D eigenvalue weighted by Crippen LogP contribution is -2.28. The van der Waals surface area contributed by atoms with Crippen molar-refractivity contribution in [1.29, 1.82) is 0 Å². The van der Waals surface area contributed by atoms with E-state index in [0.717, 1.165) is 12.0 Å². The van der Waals surface area contributed by atoms with Crippen molar-refractivity contribution >= 4 is 22.6 Å². The molecule has 4 nitrogen and oxygen atoms in total. The molecule has 0 radical (unpaired) electrons. The van der Waals surface area contributed by atoms with Gasteiger partial charge in [-0.05, 0) is 29.5 Å². The molecule has 0 spiro atoms. The highest BCUT2D eigenvalue weighted by molar-refractivity contribution is 6.20. The SMILES string of the molecule is CC(C)(C)CC(Cl)c1ccc2[nH]c(=O)c(=O)[nH]c2c1. The second-order valence-corrected chi connectivity index (χ2v) is 6.47. The third-order valence-corrected chi connectivity index (χ3v) is 3.31. The van der Waals surface area contributed by atoms with E-state index in [4.69, 9.17) is 11.6 Å². The van der Waals surface area contributed by atoms with Gasteiger partial charge in [-0.3, -0.25) is 9.59 Å². The first-order chi connectivity index (χ1) is 8.76. The van der Waals surface area contributed by atoms with Crippen LogP contribution < -0.4 is 11.1 Å². The average molecular weight is 281 g/mol. The quantitative estimate of drug-likeness (QED) is 0.656. The zero-order valence-electron chi connectivity index (χ0n) is 11.2. The van der Waals surface area contributed by atoms with Gasteiger partial charge in [0.15, 0.2) is 0 Å². The van der Waals surface area contributed by atoms with E-state index in [2.05, 4.69) is 30.7 Å². The lowest BCUT2D eigenvalue weighted by Gasteiger charge is -2.22. The molecule has 2 rings (SSSR count). The molecule has 0 aliphatic heterocycles. The van der Waals surface area contributed by atoms with Crippen LogP contribution in [0.2, 0.25) is 0 Å². The molecule has 0 aliphatic rings. The van der Waals surface area contributed by atoms with Crippen LogP contribution in [0.5, 0.6) is 0 Å². The predicted molar refractivity (Wildman–Crippen MR) is 77.9 cm³/mol. The summed E-state index contributed by atoms with van der Waals surface area (Å²) < 4.78 is 0. The van der Waals surface area contributed by atoms with E-state index in [-0.39, 0.29) is 10.8 Å². The number of benzene rings is 1. The number of nitrogens with one attached hydrogen (secondary N) is 2. The van der Waals surface area contributed by atoms with Crippen LogP contribution in [0.25, 0.3) is 11.0 Å². The Hall–Kier alpha value is -1.55. The van der Waals surface area contributed by atoms with Crippen LogP contribution in [0.15, 0.2) is 27.8 Å². The highest BCUT2D eigenvalue weighted by Gasteiger charge is 2.18. The van der Waals surface area contributed by atoms with Crippen LogP contribution in [0.1, 0.15) is 38.1 Å². The molecule has 1 heterocycles. The molecule has 1 aromatic carbocycles. The second-order valence-electron chi connectivity index (χ2n) is 5.95. The minimum Gasteiger partial charge on any atom is -0.316 e. The van der Waals surface area contributed by atoms with Crippen LogP contribution in [0.3, 0.4) is 0 Å². The van der Waals surface area contributed by atoms with Crippen LogP contribution >= 0.6 is 11.6 Å². The third kappa shape index (κ3) is 3.26. The Morgan fingerprint density at radius 1 is 1.11 bits per heavy atom. The first-order valence-corrected chi connectivity index (χ1v) is 6.60. The summed E-state index contributed by atoms with van der Waals surface area (Å²) in [5.74, 6) is 0. The number of hydrogen-bond acceptors (Lipinski definition) is 2. The van der Waals surface area contributed by atoms with Crippen LogP contribution in [-0.2, 0) is 0 Å². The van der Waals surface area contributed by atoms with Gasteiger partial charge in [0.2, 0.25) is 0 Å². The maximum absolute atomic E-state index is 11.3. The summed E-state index contributed by atoms with van der Waals surface area (Å²) in [5, 5.41) is -0.125. The van der Waals surface area contributed by atoms with E-state index in [1.165, 1.54) is 0 Å². The van der Waals surface area contributed by atoms with Gasteiger partial charge in [-0.1, -0.05) is 26.8 Å². The molecular weight excluding hydrogens is 264 g/mol. The summed E-state index contributed by atoms with van der Waals surface area (Å²) in [6.07, 6.45) is 0.827. The summed E-state index contributed by atoms with van der Waals surface area (Å²) in [6.45, 7) is 6.38. The molecule has 0 amide bonds. The Balaban J connectivity index is 2.44. The summed E-state index contributed by atoms with van der Waals surface area (Å²) in [4.78, 5) is 27.6. The molecule has 19 heavy (non-hydrogen) atoms. The largest absolute Gasteiger partial charge is 0.316 e. The molecule has 1 unspecified atom stereocenters. The van der Waals surface area contributed by atoms with Crippen LogP contribution in [0.4, 0.5) is 0 Å². The monoisotopic (exact) mass is 280 g/mol. The Morgan fingerprint density at radius 3 is 2.26 bits per heavy atom. The fourth-order valence-electron chi connectivity index (χ4n) is 1.98. The molecule has 0 bridgehead atoms. The third-order valence-electron chi connectivity index (χ3n) is 2.90. The van der Waals surface area contributed by atoms with Crippen molar-refractivity contribution in [3.63, 3.8) is 0 Å². The number of aromatic amines is 2. The number of H-pyrrole nitrogens is 2. The van der Waals surface area contributed by atoms with Crippen molar-refractivity contribution in [2.45, 2.75) is 32.6 Å². The molecule has 0 fully saturated rings. The fraction of sp³-hybridized carbons (Fsp3) is 0.429. The van der Waals surface area contributed by atoms with E-state index in [1.807, 2.05) is 12.1 Å². The van der Waals surface area contributed by atoms with Crippen LogP contribution in [0, 0.1) is 5.41 Å². The van der Waals surface area contributed by atoms with Crippen LogP contribution in [-0.4, -0.2) is 9.97 Å².